The Morgan fingerprint density at radius 1 is 1.26 bits per heavy atom. The Morgan fingerprint density at radius 2 is 1.87 bits per heavy atom. The molecule has 1 aromatic rings. The number of rotatable bonds is 5. The molecular weight excluding hydrogens is 305 g/mol. The average molecular weight is 326 g/mol. The van der Waals surface area contributed by atoms with Gasteiger partial charge in [-0.2, -0.15) is 8.78 Å². The van der Waals surface area contributed by atoms with Gasteiger partial charge < -0.3 is 19.2 Å². The van der Waals surface area contributed by atoms with Gasteiger partial charge in [0, 0.05) is 0 Å². The molecule has 0 radical (unpaired) electrons. The molecule has 0 unspecified atom stereocenters. The van der Waals surface area contributed by atoms with Gasteiger partial charge in [-0.25, -0.2) is 0 Å². The Morgan fingerprint density at radius 3 is 2.39 bits per heavy atom. The molecule has 1 saturated heterocycles. The maximum atomic E-state index is 12.3. The van der Waals surface area contributed by atoms with Gasteiger partial charge >= 0.3 is 13.7 Å². The summed E-state index contributed by atoms with van der Waals surface area (Å²) in [7, 11) is -0.690. The van der Waals surface area contributed by atoms with Crippen LogP contribution in [0.3, 0.4) is 0 Å². The van der Waals surface area contributed by atoms with Crippen LogP contribution in [-0.2, 0) is 9.31 Å². The number of ether oxygens (including phenoxy) is 1. The number of benzene rings is 1. The molecule has 1 aromatic carbocycles. The van der Waals surface area contributed by atoms with E-state index in [0.29, 0.717) is 11.0 Å². The van der Waals surface area contributed by atoms with Crippen molar-refractivity contribution >= 4 is 13.2 Å². The topological polar surface area (TPSA) is 47.9 Å². The first-order valence-corrected chi connectivity index (χ1v) is 7.36. The van der Waals surface area contributed by atoms with Crippen LogP contribution in [0.15, 0.2) is 29.7 Å². The molecule has 0 atom stereocenters. The summed E-state index contributed by atoms with van der Waals surface area (Å²) in [6.07, 6.45) is 1.65. The van der Waals surface area contributed by atoms with Crippen molar-refractivity contribution in [1.82, 2.24) is 0 Å². The largest absolute Gasteiger partial charge is 0.492 e. The highest BCUT2D eigenvalue weighted by Gasteiger charge is 2.52. The van der Waals surface area contributed by atoms with Gasteiger partial charge in [-0.1, -0.05) is 18.2 Å². The van der Waals surface area contributed by atoms with E-state index in [-0.39, 0.29) is 12.4 Å². The van der Waals surface area contributed by atoms with Crippen LogP contribution in [0.2, 0.25) is 0 Å². The van der Waals surface area contributed by atoms with Gasteiger partial charge in [-0.3, -0.25) is 0 Å². The Hall–Kier alpha value is -1.44. The quantitative estimate of drug-likeness (QED) is 0.844. The van der Waals surface area contributed by atoms with E-state index in [1.54, 1.807) is 18.2 Å². The molecule has 7 heteroatoms. The van der Waals surface area contributed by atoms with E-state index in [1.165, 1.54) is 12.1 Å². The van der Waals surface area contributed by atoms with Crippen LogP contribution in [0.1, 0.15) is 33.3 Å². The summed E-state index contributed by atoms with van der Waals surface area (Å²) in [5.74, 6) is 0.0555. The lowest BCUT2D eigenvalue weighted by molar-refractivity contribution is -0.0498. The normalized spacial score (nSPS) is 20.2. The number of halogens is 2. The summed E-state index contributed by atoms with van der Waals surface area (Å²) in [5.41, 5.74) is 0.0822. The van der Waals surface area contributed by atoms with Crippen molar-refractivity contribution in [2.75, 3.05) is 6.61 Å². The highest BCUT2D eigenvalue weighted by atomic mass is 19.3. The smallest absolute Gasteiger partial charge is 0.435 e. The second-order valence-corrected chi connectivity index (χ2v) is 6.42. The van der Waals surface area contributed by atoms with Crippen LogP contribution in [0, 0.1) is 0 Å². The van der Waals surface area contributed by atoms with E-state index in [0.717, 1.165) is 0 Å². The molecule has 0 saturated carbocycles. The van der Waals surface area contributed by atoms with Gasteiger partial charge in [0.05, 0.1) is 17.8 Å². The maximum Gasteiger partial charge on any atom is 0.492 e. The van der Waals surface area contributed by atoms with Crippen molar-refractivity contribution in [2.45, 2.75) is 45.5 Å². The van der Waals surface area contributed by atoms with Crippen LogP contribution in [0.5, 0.6) is 5.75 Å². The number of aliphatic hydroxyl groups is 1. The van der Waals surface area contributed by atoms with Gasteiger partial charge in [0.25, 0.3) is 0 Å². The summed E-state index contributed by atoms with van der Waals surface area (Å²) in [6, 6.07) is 6.23. The van der Waals surface area contributed by atoms with Crippen molar-refractivity contribution in [3.05, 3.63) is 35.3 Å². The monoisotopic (exact) mass is 326 g/mol. The number of hydrogen-bond donors (Lipinski definition) is 1. The molecule has 0 aromatic heterocycles. The Balaban J connectivity index is 2.23. The molecule has 1 heterocycles. The summed E-state index contributed by atoms with van der Waals surface area (Å²) >= 11 is 0. The molecule has 126 valence electrons. The van der Waals surface area contributed by atoms with Crippen molar-refractivity contribution in [2.24, 2.45) is 0 Å². The molecule has 0 bridgehead atoms. The summed E-state index contributed by atoms with van der Waals surface area (Å²) in [4.78, 5) is 0. The number of hydrogen-bond acceptors (Lipinski definition) is 4. The van der Waals surface area contributed by atoms with Crippen LogP contribution < -0.4 is 4.74 Å². The van der Waals surface area contributed by atoms with Gasteiger partial charge in [0.1, 0.15) is 5.75 Å². The average Bonchev–Trinajstić information content (AvgIpc) is 2.64. The molecule has 4 nitrogen and oxygen atoms in total. The molecular formula is C16H21BF2O4. The van der Waals surface area contributed by atoms with Crippen molar-refractivity contribution in [1.29, 1.82) is 0 Å². The lowest BCUT2D eigenvalue weighted by Gasteiger charge is -2.32. The van der Waals surface area contributed by atoms with Crippen LogP contribution in [0.4, 0.5) is 8.78 Å². The highest BCUT2D eigenvalue weighted by Crippen LogP contribution is 2.38. The summed E-state index contributed by atoms with van der Waals surface area (Å²) < 4.78 is 40.7. The first-order valence-electron chi connectivity index (χ1n) is 7.36. The predicted molar refractivity (Wildman–Crippen MR) is 84.2 cm³/mol. The van der Waals surface area contributed by atoms with Gasteiger partial charge in [-0.05, 0) is 50.9 Å². The minimum atomic E-state index is -2.88. The summed E-state index contributed by atoms with van der Waals surface area (Å²) in [6.45, 7) is 4.52. The third kappa shape index (κ3) is 4.10. The third-order valence-electron chi connectivity index (χ3n) is 4.17. The highest BCUT2D eigenvalue weighted by molar-refractivity contribution is 6.55. The minimum Gasteiger partial charge on any atom is -0.435 e. The SMILES string of the molecule is CC1(C)OB(C(=Cc2cccc(OC(F)F)c2)CO)OC1(C)C. The second-order valence-electron chi connectivity index (χ2n) is 6.42. The van der Waals surface area contributed by atoms with Gasteiger partial charge in [0.15, 0.2) is 0 Å². The molecule has 0 aliphatic carbocycles. The molecule has 0 amide bonds. The fourth-order valence-corrected chi connectivity index (χ4v) is 2.18. The zero-order valence-corrected chi connectivity index (χ0v) is 13.7. The van der Waals surface area contributed by atoms with Gasteiger partial charge in [0.2, 0.25) is 0 Å². The lowest BCUT2D eigenvalue weighted by Crippen LogP contribution is -2.41. The molecule has 0 spiro atoms. The van der Waals surface area contributed by atoms with E-state index in [1.807, 2.05) is 27.7 Å². The van der Waals surface area contributed by atoms with E-state index >= 15 is 0 Å². The standard InChI is InChI=1S/C16H21BF2O4/c1-15(2)16(3,4)23-17(22-15)12(10-20)8-11-6-5-7-13(9-11)21-14(18)19/h5-9,14,20H,10H2,1-4H3. The fourth-order valence-electron chi connectivity index (χ4n) is 2.18. The van der Waals surface area contributed by atoms with Crippen LogP contribution in [-0.4, -0.2) is 36.6 Å². The molecule has 2 rings (SSSR count). The zero-order valence-electron chi connectivity index (χ0n) is 13.7. The first kappa shape index (κ1) is 17.9. The maximum absolute atomic E-state index is 12.3. The summed E-state index contributed by atoms with van der Waals surface area (Å²) in [5, 5.41) is 9.62. The van der Waals surface area contributed by atoms with E-state index in [9.17, 15) is 13.9 Å². The number of aliphatic hydroxyl groups excluding tert-OH is 1. The predicted octanol–water partition coefficient (Wildman–Crippen LogP) is 3.30. The van der Waals surface area contributed by atoms with Crippen molar-refractivity contribution in [3.8, 4) is 5.75 Å². The molecule has 23 heavy (non-hydrogen) atoms. The van der Waals surface area contributed by atoms with Gasteiger partial charge in [-0.15, -0.1) is 0 Å². The van der Waals surface area contributed by atoms with E-state index in [2.05, 4.69) is 4.74 Å². The first-order chi connectivity index (χ1) is 10.6. The lowest BCUT2D eigenvalue weighted by atomic mass is 9.77. The minimum absolute atomic E-state index is 0.0555. The molecule has 1 aliphatic heterocycles. The molecule has 1 fully saturated rings. The Labute approximate surface area is 135 Å². The molecule has 1 aliphatic rings. The Kier molecular flexibility index (Phi) is 5.13. The van der Waals surface area contributed by atoms with Crippen molar-refractivity contribution in [3.63, 3.8) is 0 Å². The second kappa shape index (κ2) is 6.59. The zero-order chi connectivity index (χ0) is 17.3. The van der Waals surface area contributed by atoms with E-state index in [4.69, 9.17) is 9.31 Å². The Bertz CT molecular complexity index is 571. The van der Waals surface area contributed by atoms with Crippen LogP contribution >= 0.6 is 0 Å². The van der Waals surface area contributed by atoms with Crippen molar-refractivity contribution < 1.29 is 27.9 Å². The fraction of sp³-hybridized carbons (Fsp3) is 0.500. The van der Waals surface area contributed by atoms with Crippen LogP contribution in [0.25, 0.3) is 6.08 Å². The molecule has 1 N–H and O–H groups in total. The third-order valence-corrected chi connectivity index (χ3v) is 4.17. The van der Waals surface area contributed by atoms with E-state index < -0.39 is 24.9 Å². The number of alkyl halides is 2.